The van der Waals surface area contributed by atoms with E-state index in [-0.39, 0.29) is 5.41 Å². The van der Waals surface area contributed by atoms with Crippen LogP contribution in [0.2, 0.25) is 0 Å². The predicted molar refractivity (Wildman–Crippen MR) is 109 cm³/mol. The molecule has 0 radical (unpaired) electrons. The van der Waals surface area contributed by atoms with Crippen molar-refractivity contribution in [2.45, 2.75) is 64.1 Å². The van der Waals surface area contributed by atoms with Crippen molar-refractivity contribution in [2.24, 2.45) is 29.1 Å². The second-order valence-corrected chi connectivity index (χ2v) is 10.6. The lowest BCUT2D eigenvalue weighted by atomic mass is 9.48. The Morgan fingerprint density at radius 3 is 2.46 bits per heavy atom. The number of thioether (sulfide) groups is 1. The molecule has 6 rings (SSSR count). The van der Waals surface area contributed by atoms with Gasteiger partial charge in [-0.05, 0) is 74.3 Å². The van der Waals surface area contributed by atoms with Crippen LogP contribution in [0.1, 0.15) is 52.4 Å². The van der Waals surface area contributed by atoms with Crippen molar-refractivity contribution in [2.75, 3.05) is 5.75 Å². The predicted octanol–water partition coefficient (Wildman–Crippen LogP) is 5.07. The van der Waals surface area contributed by atoms with Crippen molar-refractivity contribution in [1.29, 1.82) is 0 Å². The van der Waals surface area contributed by atoms with Crippen LogP contribution in [0.25, 0.3) is 11.6 Å². The summed E-state index contributed by atoms with van der Waals surface area (Å²) >= 11 is 1.56. The van der Waals surface area contributed by atoms with Gasteiger partial charge in [0.05, 0.1) is 12.0 Å². The van der Waals surface area contributed by atoms with Gasteiger partial charge in [-0.2, -0.15) is 0 Å². The maximum absolute atomic E-state index is 13.3. The molecule has 4 fully saturated rings. The zero-order valence-corrected chi connectivity index (χ0v) is 17.6. The second kappa shape index (κ2) is 7.05. The number of carbonyl (C=O) groups excluding carboxylic acids is 1. The molecule has 4 aliphatic carbocycles. The van der Waals surface area contributed by atoms with Crippen LogP contribution in [-0.4, -0.2) is 26.3 Å². The van der Waals surface area contributed by atoms with Crippen molar-refractivity contribution in [3.05, 3.63) is 18.4 Å². The fourth-order valence-corrected chi connectivity index (χ4v) is 7.23. The summed E-state index contributed by atoms with van der Waals surface area (Å²) in [7, 11) is 0. The molecule has 0 unspecified atom stereocenters. The normalized spacial score (nSPS) is 31.0. The first-order valence-electron chi connectivity index (χ1n) is 10.7. The minimum Gasteiger partial charge on any atom is -0.461 e. The van der Waals surface area contributed by atoms with Gasteiger partial charge in [-0.15, -0.1) is 10.2 Å². The molecule has 2 heterocycles. The number of furan rings is 1. The van der Waals surface area contributed by atoms with E-state index < -0.39 is 0 Å². The highest BCUT2D eigenvalue weighted by Gasteiger charge is 2.54. The molecule has 0 amide bonds. The molecule has 150 valence electrons. The number of carbonyl (C=O) groups is 1. The largest absolute Gasteiger partial charge is 0.461 e. The van der Waals surface area contributed by atoms with Gasteiger partial charge in [-0.3, -0.25) is 9.36 Å². The van der Waals surface area contributed by atoms with Gasteiger partial charge in [0, 0.05) is 12.0 Å². The van der Waals surface area contributed by atoms with Crippen molar-refractivity contribution < 1.29 is 9.21 Å². The summed E-state index contributed by atoms with van der Waals surface area (Å²) < 4.78 is 7.66. The average Bonchev–Trinajstić information content (AvgIpc) is 3.28. The monoisotopic (exact) mass is 399 g/mol. The molecule has 0 spiro atoms. The van der Waals surface area contributed by atoms with Gasteiger partial charge in [0.15, 0.2) is 16.7 Å². The zero-order valence-electron chi connectivity index (χ0n) is 16.8. The number of Topliss-reactive ketones (excluding diaryl/α,β-unsaturated/α-hetero) is 1. The summed E-state index contributed by atoms with van der Waals surface area (Å²) in [5, 5.41) is 9.61. The first-order valence-corrected chi connectivity index (χ1v) is 11.6. The molecule has 4 bridgehead atoms. The van der Waals surface area contributed by atoms with Crippen LogP contribution < -0.4 is 0 Å². The Bertz CT molecular complexity index is 820. The van der Waals surface area contributed by atoms with Crippen LogP contribution in [-0.2, 0) is 11.3 Å². The Balaban J connectivity index is 1.33. The van der Waals surface area contributed by atoms with Gasteiger partial charge >= 0.3 is 0 Å². The Labute approximate surface area is 170 Å². The van der Waals surface area contributed by atoms with Crippen LogP contribution in [0.5, 0.6) is 0 Å². The fourth-order valence-electron chi connectivity index (χ4n) is 6.25. The third kappa shape index (κ3) is 3.23. The molecule has 0 aromatic carbocycles. The molecule has 5 nitrogen and oxygen atoms in total. The van der Waals surface area contributed by atoms with Gasteiger partial charge in [0.2, 0.25) is 0 Å². The highest BCUT2D eigenvalue weighted by atomic mass is 32.2. The smallest absolute Gasteiger partial charge is 0.200 e. The lowest BCUT2D eigenvalue weighted by Gasteiger charge is -2.56. The number of aromatic nitrogens is 3. The number of hydrogen-bond acceptors (Lipinski definition) is 5. The molecule has 0 atom stereocenters. The molecule has 0 N–H and O–H groups in total. The van der Waals surface area contributed by atoms with E-state index in [0.717, 1.165) is 60.3 Å². The van der Waals surface area contributed by atoms with E-state index in [4.69, 9.17) is 4.42 Å². The molecular weight excluding hydrogens is 370 g/mol. The fraction of sp³-hybridized carbons (Fsp3) is 0.682. The van der Waals surface area contributed by atoms with Gasteiger partial charge in [-0.25, -0.2) is 0 Å². The number of nitrogens with zero attached hydrogens (tertiary/aromatic N) is 3. The molecular formula is C22H29N3O2S. The molecule has 2 aromatic rings. The van der Waals surface area contributed by atoms with Crippen molar-refractivity contribution in [3.63, 3.8) is 0 Å². The van der Waals surface area contributed by atoms with Crippen molar-refractivity contribution in [1.82, 2.24) is 14.8 Å². The lowest BCUT2D eigenvalue weighted by Crippen LogP contribution is -2.50. The molecule has 0 saturated heterocycles. The van der Waals surface area contributed by atoms with Gasteiger partial charge < -0.3 is 4.42 Å². The Kier molecular flexibility index (Phi) is 4.65. The zero-order chi connectivity index (χ0) is 19.3. The van der Waals surface area contributed by atoms with E-state index in [0.29, 0.717) is 17.5 Å². The Morgan fingerprint density at radius 1 is 1.21 bits per heavy atom. The molecule has 4 aliphatic rings. The maximum Gasteiger partial charge on any atom is 0.200 e. The third-order valence-electron chi connectivity index (χ3n) is 6.97. The SMILES string of the molecule is CC(C)Cn1c(SCC(=O)C23CC4CC(CC(C4)C2)C3)nnc1-c1ccco1. The molecule has 2 aromatic heterocycles. The molecule has 4 saturated carbocycles. The van der Waals surface area contributed by atoms with Gasteiger partial charge in [0.1, 0.15) is 5.78 Å². The minimum absolute atomic E-state index is 0.0332. The van der Waals surface area contributed by atoms with E-state index in [1.54, 1.807) is 18.0 Å². The Hall–Kier alpha value is -1.56. The summed E-state index contributed by atoms with van der Waals surface area (Å²) in [5.41, 5.74) is -0.0332. The first-order chi connectivity index (χ1) is 13.5. The summed E-state index contributed by atoms with van der Waals surface area (Å²) in [6.45, 7) is 5.18. The van der Waals surface area contributed by atoms with E-state index in [9.17, 15) is 4.79 Å². The number of rotatable bonds is 7. The third-order valence-corrected chi connectivity index (χ3v) is 7.93. The van der Waals surface area contributed by atoms with Crippen LogP contribution in [0.4, 0.5) is 0 Å². The van der Waals surface area contributed by atoms with Gasteiger partial charge in [0.25, 0.3) is 0 Å². The molecule has 28 heavy (non-hydrogen) atoms. The maximum atomic E-state index is 13.3. The molecule has 6 heteroatoms. The van der Waals surface area contributed by atoms with Crippen molar-refractivity contribution in [3.8, 4) is 11.6 Å². The van der Waals surface area contributed by atoms with Crippen LogP contribution >= 0.6 is 11.8 Å². The summed E-state index contributed by atoms with van der Waals surface area (Å²) in [4.78, 5) is 13.3. The van der Waals surface area contributed by atoms with Gasteiger partial charge in [-0.1, -0.05) is 25.6 Å². The minimum atomic E-state index is -0.0332. The Morgan fingerprint density at radius 2 is 1.89 bits per heavy atom. The van der Waals surface area contributed by atoms with E-state index in [1.165, 1.54) is 19.3 Å². The van der Waals surface area contributed by atoms with Crippen LogP contribution in [0.15, 0.2) is 28.0 Å². The van der Waals surface area contributed by atoms with E-state index in [1.807, 2.05) is 12.1 Å². The van der Waals surface area contributed by atoms with Crippen LogP contribution in [0, 0.1) is 29.1 Å². The highest BCUT2D eigenvalue weighted by Crippen LogP contribution is 2.60. The standard InChI is InChI=1S/C22H29N3O2S/c1-14(2)12-25-20(18-4-3-5-27-18)23-24-21(25)28-13-19(26)22-9-15-6-16(10-22)8-17(7-15)11-22/h3-5,14-17H,6-13H2,1-2H3. The van der Waals surface area contributed by atoms with E-state index in [2.05, 4.69) is 28.6 Å². The lowest BCUT2D eigenvalue weighted by molar-refractivity contribution is -0.141. The topological polar surface area (TPSA) is 60.9 Å². The summed E-state index contributed by atoms with van der Waals surface area (Å²) in [5.74, 6) is 5.32. The van der Waals surface area contributed by atoms with Crippen LogP contribution in [0.3, 0.4) is 0 Å². The quantitative estimate of drug-likeness (QED) is 0.608. The summed E-state index contributed by atoms with van der Waals surface area (Å²) in [6.07, 6.45) is 9.17. The van der Waals surface area contributed by atoms with Crippen molar-refractivity contribution >= 4 is 17.5 Å². The number of ketones is 1. The number of hydrogen-bond donors (Lipinski definition) is 0. The first kappa shape index (κ1) is 18.5. The second-order valence-electron chi connectivity index (χ2n) is 9.70. The molecule has 0 aliphatic heterocycles. The highest BCUT2D eigenvalue weighted by molar-refractivity contribution is 7.99. The summed E-state index contributed by atoms with van der Waals surface area (Å²) in [6, 6.07) is 3.78. The average molecular weight is 400 g/mol. The van der Waals surface area contributed by atoms with E-state index >= 15 is 0 Å².